The summed E-state index contributed by atoms with van der Waals surface area (Å²) in [6, 6.07) is 11.1. The Hall–Kier alpha value is -1.46. The van der Waals surface area contributed by atoms with Crippen molar-refractivity contribution < 1.29 is 14.3 Å². The molecule has 5 heteroatoms. The molecule has 0 fully saturated rings. The SMILES string of the molecule is CCCCOC(=O)C(Br)Cc1cccc(C(=O)c2cccs2)c1. The molecule has 0 aliphatic heterocycles. The molecule has 23 heavy (non-hydrogen) atoms. The molecule has 2 rings (SSSR count). The number of carbonyl (C=O) groups is 2. The standard InChI is InChI=1S/C18H19BrO3S/c1-2-3-9-22-18(21)15(19)12-13-6-4-7-14(11-13)17(20)16-8-5-10-23-16/h4-8,10-11,15H,2-3,9,12H2,1H3. The normalized spacial score (nSPS) is 11.9. The van der Waals surface area contributed by atoms with Crippen LogP contribution in [0.4, 0.5) is 0 Å². The number of hydrogen-bond donors (Lipinski definition) is 0. The molecule has 3 nitrogen and oxygen atoms in total. The van der Waals surface area contributed by atoms with Gasteiger partial charge in [0.15, 0.2) is 0 Å². The first kappa shape index (κ1) is 17.9. The number of carbonyl (C=O) groups excluding carboxylic acids is 2. The van der Waals surface area contributed by atoms with Crippen molar-refractivity contribution in [3.63, 3.8) is 0 Å². The van der Waals surface area contributed by atoms with E-state index in [1.807, 2.05) is 35.7 Å². The molecule has 0 spiro atoms. The molecule has 2 aromatic rings. The summed E-state index contributed by atoms with van der Waals surface area (Å²) in [7, 11) is 0. The molecule has 0 saturated carbocycles. The molecule has 1 atom stereocenters. The second kappa shape index (κ2) is 8.99. The zero-order valence-electron chi connectivity index (χ0n) is 13.0. The van der Waals surface area contributed by atoms with E-state index in [1.165, 1.54) is 11.3 Å². The van der Waals surface area contributed by atoms with Crippen molar-refractivity contribution in [3.05, 3.63) is 57.8 Å². The first-order chi connectivity index (χ1) is 11.1. The number of benzene rings is 1. The summed E-state index contributed by atoms with van der Waals surface area (Å²) in [4.78, 5) is 24.6. The van der Waals surface area contributed by atoms with Gasteiger partial charge in [0.2, 0.25) is 5.78 Å². The molecular formula is C18H19BrO3S. The maximum absolute atomic E-state index is 12.4. The van der Waals surface area contributed by atoms with Crippen LogP contribution in [0.5, 0.6) is 0 Å². The van der Waals surface area contributed by atoms with Crippen LogP contribution in [-0.4, -0.2) is 23.2 Å². The van der Waals surface area contributed by atoms with Gasteiger partial charge in [-0.25, -0.2) is 0 Å². The van der Waals surface area contributed by atoms with Crippen LogP contribution < -0.4 is 0 Å². The summed E-state index contributed by atoms with van der Waals surface area (Å²) in [6.45, 7) is 2.50. The summed E-state index contributed by atoms with van der Waals surface area (Å²) in [5, 5.41) is 1.89. The zero-order chi connectivity index (χ0) is 16.7. The predicted molar refractivity (Wildman–Crippen MR) is 96.5 cm³/mol. The molecule has 0 N–H and O–H groups in total. The van der Waals surface area contributed by atoms with Gasteiger partial charge in [-0.3, -0.25) is 9.59 Å². The van der Waals surface area contributed by atoms with Crippen molar-refractivity contribution in [2.45, 2.75) is 31.0 Å². The van der Waals surface area contributed by atoms with Crippen molar-refractivity contribution in [1.29, 1.82) is 0 Å². The predicted octanol–water partition coefficient (Wildman–Crippen LogP) is 4.63. The quantitative estimate of drug-likeness (QED) is 0.283. The van der Waals surface area contributed by atoms with Gasteiger partial charge in [0.1, 0.15) is 4.83 Å². The highest BCUT2D eigenvalue weighted by Crippen LogP contribution is 2.18. The van der Waals surface area contributed by atoms with Gasteiger partial charge in [0.25, 0.3) is 0 Å². The summed E-state index contributed by atoms with van der Waals surface area (Å²) in [6.07, 6.45) is 2.36. The number of esters is 1. The minimum Gasteiger partial charge on any atom is -0.465 e. The molecule has 0 amide bonds. The van der Waals surface area contributed by atoms with E-state index in [4.69, 9.17) is 4.74 Å². The smallest absolute Gasteiger partial charge is 0.320 e. The van der Waals surface area contributed by atoms with Gasteiger partial charge in [-0.15, -0.1) is 11.3 Å². The minimum absolute atomic E-state index is 0.0125. The molecule has 1 heterocycles. The summed E-state index contributed by atoms with van der Waals surface area (Å²) >= 11 is 4.80. The van der Waals surface area contributed by atoms with E-state index in [1.54, 1.807) is 6.07 Å². The van der Waals surface area contributed by atoms with E-state index in [-0.39, 0.29) is 11.8 Å². The fourth-order valence-corrected chi connectivity index (χ4v) is 3.28. The van der Waals surface area contributed by atoms with Gasteiger partial charge >= 0.3 is 5.97 Å². The third-order valence-electron chi connectivity index (χ3n) is 3.35. The summed E-state index contributed by atoms with van der Waals surface area (Å²) in [5.41, 5.74) is 1.57. The van der Waals surface area contributed by atoms with Crippen LogP contribution >= 0.6 is 27.3 Å². The molecule has 1 aromatic heterocycles. The number of unbranched alkanes of at least 4 members (excludes halogenated alkanes) is 1. The topological polar surface area (TPSA) is 43.4 Å². The Bertz CT molecular complexity index is 652. The second-order valence-electron chi connectivity index (χ2n) is 5.20. The second-order valence-corrected chi connectivity index (χ2v) is 7.25. The first-order valence-electron chi connectivity index (χ1n) is 7.59. The molecule has 0 bridgehead atoms. The minimum atomic E-state index is -0.397. The molecule has 1 unspecified atom stereocenters. The Morgan fingerprint density at radius 3 is 2.78 bits per heavy atom. The van der Waals surface area contributed by atoms with E-state index in [0.717, 1.165) is 23.3 Å². The lowest BCUT2D eigenvalue weighted by Crippen LogP contribution is -2.20. The molecule has 1 aromatic carbocycles. The zero-order valence-corrected chi connectivity index (χ0v) is 15.4. The summed E-state index contributed by atoms with van der Waals surface area (Å²) in [5.74, 6) is -0.244. The molecule has 122 valence electrons. The molecular weight excluding hydrogens is 376 g/mol. The lowest BCUT2D eigenvalue weighted by atomic mass is 10.0. The lowest BCUT2D eigenvalue weighted by Gasteiger charge is -2.10. The Balaban J connectivity index is 1.99. The highest BCUT2D eigenvalue weighted by Gasteiger charge is 2.18. The average molecular weight is 395 g/mol. The van der Waals surface area contributed by atoms with Gasteiger partial charge < -0.3 is 4.74 Å². The number of ketones is 1. The van der Waals surface area contributed by atoms with Crippen LogP contribution in [0.2, 0.25) is 0 Å². The van der Waals surface area contributed by atoms with Crippen LogP contribution in [0.25, 0.3) is 0 Å². The average Bonchev–Trinajstić information content (AvgIpc) is 3.09. The van der Waals surface area contributed by atoms with Gasteiger partial charge in [-0.05, 0) is 35.9 Å². The van der Waals surface area contributed by atoms with Crippen LogP contribution in [0.1, 0.15) is 40.6 Å². The van der Waals surface area contributed by atoms with E-state index in [2.05, 4.69) is 22.9 Å². The van der Waals surface area contributed by atoms with Gasteiger partial charge in [-0.2, -0.15) is 0 Å². The van der Waals surface area contributed by atoms with E-state index >= 15 is 0 Å². The fourth-order valence-electron chi connectivity index (χ4n) is 2.09. The van der Waals surface area contributed by atoms with Crippen molar-refractivity contribution in [2.24, 2.45) is 0 Å². The van der Waals surface area contributed by atoms with E-state index < -0.39 is 4.83 Å². The Morgan fingerprint density at radius 1 is 1.26 bits per heavy atom. The molecule has 0 aliphatic rings. The third-order valence-corrected chi connectivity index (χ3v) is 4.91. The fraction of sp³-hybridized carbons (Fsp3) is 0.333. The van der Waals surface area contributed by atoms with Crippen molar-refractivity contribution in [3.8, 4) is 0 Å². The molecule has 0 aliphatic carbocycles. The van der Waals surface area contributed by atoms with Crippen molar-refractivity contribution in [2.75, 3.05) is 6.61 Å². The number of rotatable bonds is 8. The Morgan fingerprint density at radius 2 is 2.09 bits per heavy atom. The van der Waals surface area contributed by atoms with Gasteiger partial charge in [-0.1, -0.05) is 53.5 Å². The number of thiophene rings is 1. The number of alkyl halides is 1. The maximum Gasteiger partial charge on any atom is 0.320 e. The Kier molecular flexibility index (Phi) is 6.99. The van der Waals surface area contributed by atoms with Gasteiger partial charge in [0.05, 0.1) is 11.5 Å². The Labute approximate surface area is 148 Å². The maximum atomic E-state index is 12.4. The first-order valence-corrected chi connectivity index (χ1v) is 9.39. The van der Waals surface area contributed by atoms with Crippen LogP contribution in [0.3, 0.4) is 0 Å². The lowest BCUT2D eigenvalue weighted by molar-refractivity contribution is -0.142. The van der Waals surface area contributed by atoms with E-state index in [0.29, 0.717) is 18.6 Å². The van der Waals surface area contributed by atoms with Crippen LogP contribution in [0.15, 0.2) is 41.8 Å². The highest BCUT2D eigenvalue weighted by molar-refractivity contribution is 9.10. The third kappa shape index (κ3) is 5.29. The molecule has 0 radical (unpaired) electrons. The van der Waals surface area contributed by atoms with Crippen LogP contribution in [0, 0.1) is 0 Å². The monoisotopic (exact) mass is 394 g/mol. The van der Waals surface area contributed by atoms with Crippen molar-refractivity contribution in [1.82, 2.24) is 0 Å². The molecule has 0 saturated heterocycles. The van der Waals surface area contributed by atoms with Gasteiger partial charge in [0, 0.05) is 5.56 Å². The summed E-state index contributed by atoms with van der Waals surface area (Å²) < 4.78 is 5.20. The number of halogens is 1. The number of hydrogen-bond acceptors (Lipinski definition) is 4. The van der Waals surface area contributed by atoms with Crippen LogP contribution in [-0.2, 0) is 16.0 Å². The number of ether oxygens (including phenoxy) is 1. The highest BCUT2D eigenvalue weighted by atomic mass is 79.9. The van der Waals surface area contributed by atoms with Crippen molar-refractivity contribution >= 4 is 39.0 Å². The van der Waals surface area contributed by atoms with E-state index in [9.17, 15) is 9.59 Å². The largest absolute Gasteiger partial charge is 0.465 e.